The van der Waals surface area contributed by atoms with E-state index in [1.165, 1.54) is 31.6 Å². The van der Waals surface area contributed by atoms with Crippen LogP contribution in [0.3, 0.4) is 0 Å². The summed E-state index contributed by atoms with van der Waals surface area (Å²) in [5, 5.41) is 12.6. The number of halogens is 1. The Balaban J connectivity index is 1.68. The lowest BCUT2D eigenvalue weighted by Gasteiger charge is -2.35. The Kier molecular flexibility index (Phi) is 3.81. The van der Waals surface area contributed by atoms with Gasteiger partial charge in [0.15, 0.2) is 0 Å². The highest BCUT2D eigenvalue weighted by molar-refractivity contribution is 6.33. The molecule has 5 nitrogen and oxygen atoms in total. The third kappa shape index (κ3) is 2.74. The van der Waals surface area contributed by atoms with Crippen LogP contribution in [0.4, 0.5) is 5.82 Å². The molecule has 108 valence electrons. The van der Waals surface area contributed by atoms with E-state index in [0.29, 0.717) is 17.9 Å². The first-order chi connectivity index (χ1) is 9.63. The number of carboxylic acids is 1. The van der Waals surface area contributed by atoms with Gasteiger partial charge < -0.3 is 15.3 Å². The average molecular weight is 296 g/mol. The number of carbonyl (C=O) groups is 1. The molecule has 3 heterocycles. The standard InChI is InChI=1S/C14H18ClN3O2/c15-12-8-16-13(7-11(12)14(19)20)17-9-3-5-18-4-1-2-10(18)6-9/h7-10H,1-6H2,(H,16,17)(H,19,20). The highest BCUT2D eigenvalue weighted by atomic mass is 35.5. The van der Waals surface area contributed by atoms with Gasteiger partial charge in [-0.25, -0.2) is 9.78 Å². The molecular formula is C14H18ClN3O2. The quantitative estimate of drug-likeness (QED) is 0.897. The lowest BCUT2D eigenvalue weighted by Crippen LogP contribution is -2.42. The second kappa shape index (κ2) is 5.58. The van der Waals surface area contributed by atoms with Gasteiger partial charge in [-0.15, -0.1) is 0 Å². The Morgan fingerprint density at radius 1 is 1.45 bits per heavy atom. The molecule has 2 aliphatic heterocycles. The molecular weight excluding hydrogens is 278 g/mol. The average Bonchev–Trinajstić information content (AvgIpc) is 2.88. The van der Waals surface area contributed by atoms with E-state index in [4.69, 9.17) is 16.7 Å². The van der Waals surface area contributed by atoms with E-state index in [1.807, 2.05) is 0 Å². The van der Waals surface area contributed by atoms with Crippen molar-refractivity contribution in [3.8, 4) is 0 Å². The van der Waals surface area contributed by atoms with Gasteiger partial charge in [-0.2, -0.15) is 0 Å². The van der Waals surface area contributed by atoms with Crippen molar-refractivity contribution < 1.29 is 9.90 Å². The van der Waals surface area contributed by atoms with Crippen LogP contribution < -0.4 is 5.32 Å². The topological polar surface area (TPSA) is 65.5 Å². The van der Waals surface area contributed by atoms with Gasteiger partial charge in [0, 0.05) is 24.8 Å². The number of anilines is 1. The zero-order valence-corrected chi connectivity index (χ0v) is 11.9. The van der Waals surface area contributed by atoms with E-state index in [-0.39, 0.29) is 10.6 Å². The zero-order valence-electron chi connectivity index (χ0n) is 11.2. The smallest absolute Gasteiger partial charge is 0.337 e. The predicted molar refractivity (Wildman–Crippen MR) is 77.4 cm³/mol. The molecule has 20 heavy (non-hydrogen) atoms. The number of piperidine rings is 1. The number of fused-ring (bicyclic) bond motifs is 1. The molecule has 2 unspecified atom stereocenters. The molecule has 2 fully saturated rings. The molecule has 0 aliphatic carbocycles. The number of aromatic nitrogens is 1. The third-order valence-electron chi connectivity index (χ3n) is 4.26. The fourth-order valence-corrected chi connectivity index (χ4v) is 3.43. The van der Waals surface area contributed by atoms with Crippen LogP contribution in [0, 0.1) is 0 Å². The molecule has 6 heteroatoms. The molecule has 0 bridgehead atoms. The summed E-state index contributed by atoms with van der Waals surface area (Å²) in [6.45, 7) is 2.33. The van der Waals surface area contributed by atoms with Crippen LogP contribution >= 0.6 is 11.6 Å². The van der Waals surface area contributed by atoms with Gasteiger partial charge in [-0.1, -0.05) is 11.6 Å². The van der Waals surface area contributed by atoms with Crippen molar-refractivity contribution in [1.29, 1.82) is 0 Å². The van der Waals surface area contributed by atoms with Crippen LogP contribution in [0.1, 0.15) is 36.0 Å². The fraction of sp³-hybridized carbons (Fsp3) is 0.571. The summed E-state index contributed by atoms with van der Waals surface area (Å²) in [7, 11) is 0. The highest BCUT2D eigenvalue weighted by Crippen LogP contribution is 2.28. The molecule has 1 aromatic heterocycles. The molecule has 3 rings (SSSR count). The maximum atomic E-state index is 11.1. The number of aromatic carboxylic acids is 1. The molecule has 0 aromatic carbocycles. The van der Waals surface area contributed by atoms with Crippen molar-refractivity contribution in [1.82, 2.24) is 9.88 Å². The number of rotatable bonds is 3. The minimum Gasteiger partial charge on any atom is -0.478 e. The molecule has 0 amide bonds. The Morgan fingerprint density at radius 3 is 3.10 bits per heavy atom. The molecule has 1 aromatic rings. The molecule has 2 atom stereocenters. The summed E-state index contributed by atoms with van der Waals surface area (Å²) in [6.07, 6.45) is 6.14. The number of pyridine rings is 1. The lowest BCUT2D eigenvalue weighted by atomic mass is 9.97. The Bertz CT molecular complexity index is 523. The van der Waals surface area contributed by atoms with Crippen molar-refractivity contribution in [2.45, 2.75) is 37.8 Å². The normalized spacial score (nSPS) is 26.2. The first kappa shape index (κ1) is 13.6. The Hall–Kier alpha value is -1.33. The number of carboxylic acid groups (broad SMARTS) is 1. The maximum Gasteiger partial charge on any atom is 0.337 e. The van der Waals surface area contributed by atoms with Crippen LogP contribution in [0.25, 0.3) is 0 Å². The number of nitrogens with one attached hydrogen (secondary N) is 1. The summed E-state index contributed by atoms with van der Waals surface area (Å²) < 4.78 is 0. The summed E-state index contributed by atoms with van der Waals surface area (Å²) in [6, 6.07) is 2.56. The molecule has 2 N–H and O–H groups in total. The number of hydrogen-bond donors (Lipinski definition) is 2. The van der Waals surface area contributed by atoms with Crippen LogP contribution in [0.15, 0.2) is 12.3 Å². The summed E-state index contributed by atoms with van der Waals surface area (Å²) in [5.74, 6) is -0.422. The molecule has 2 saturated heterocycles. The van der Waals surface area contributed by atoms with Crippen LogP contribution in [-0.2, 0) is 0 Å². The molecule has 2 aliphatic rings. The minimum atomic E-state index is -1.02. The van der Waals surface area contributed by atoms with E-state index in [9.17, 15) is 4.79 Å². The second-order valence-electron chi connectivity index (χ2n) is 5.55. The summed E-state index contributed by atoms with van der Waals surface area (Å²) in [4.78, 5) is 17.8. The lowest BCUT2D eigenvalue weighted by molar-refractivity contribution is 0.0697. The first-order valence-electron chi connectivity index (χ1n) is 7.03. The Morgan fingerprint density at radius 2 is 2.30 bits per heavy atom. The van der Waals surface area contributed by atoms with Crippen LogP contribution in [0.5, 0.6) is 0 Å². The van der Waals surface area contributed by atoms with Crippen molar-refractivity contribution >= 4 is 23.4 Å². The fourth-order valence-electron chi connectivity index (χ4n) is 3.25. The van der Waals surface area contributed by atoms with E-state index >= 15 is 0 Å². The SMILES string of the molecule is O=C(O)c1cc(NC2CCN3CCCC3C2)ncc1Cl. The van der Waals surface area contributed by atoms with Gasteiger partial charge >= 0.3 is 5.97 Å². The highest BCUT2D eigenvalue weighted by Gasteiger charge is 2.31. The van der Waals surface area contributed by atoms with Crippen LogP contribution in [0.2, 0.25) is 5.02 Å². The zero-order chi connectivity index (χ0) is 14.1. The van der Waals surface area contributed by atoms with Gasteiger partial charge in [-0.3, -0.25) is 0 Å². The van der Waals surface area contributed by atoms with Crippen LogP contribution in [-0.4, -0.2) is 46.1 Å². The van der Waals surface area contributed by atoms with Crippen molar-refractivity contribution in [3.63, 3.8) is 0 Å². The van der Waals surface area contributed by atoms with Crippen molar-refractivity contribution in [2.75, 3.05) is 18.4 Å². The largest absolute Gasteiger partial charge is 0.478 e. The molecule has 0 saturated carbocycles. The maximum absolute atomic E-state index is 11.1. The Labute approximate surface area is 122 Å². The second-order valence-corrected chi connectivity index (χ2v) is 5.96. The summed E-state index contributed by atoms with van der Waals surface area (Å²) in [5.41, 5.74) is 0.0995. The van der Waals surface area contributed by atoms with Crippen molar-refractivity contribution in [3.05, 3.63) is 22.8 Å². The summed E-state index contributed by atoms with van der Waals surface area (Å²) >= 11 is 5.83. The van der Waals surface area contributed by atoms with E-state index < -0.39 is 5.97 Å². The predicted octanol–water partition coefficient (Wildman–Crippen LogP) is 2.47. The molecule has 0 radical (unpaired) electrons. The van der Waals surface area contributed by atoms with Crippen molar-refractivity contribution in [2.24, 2.45) is 0 Å². The number of hydrogen-bond acceptors (Lipinski definition) is 4. The van der Waals surface area contributed by atoms with Gasteiger partial charge in [-0.05, 0) is 38.3 Å². The van der Waals surface area contributed by atoms with Gasteiger partial charge in [0.05, 0.1) is 10.6 Å². The van der Waals surface area contributed by atoms with E-state index in [0.717, 1.165) is 19.4 Å². The first-order valence-corrected chi connectivity index (χ1v) is 7.40. The molecule has 0 spiro atoms. The van der Waals surface area contributed by atoms with E-state index in [1.54, 1.807) is 0 Å². The van der Waals surface area contributed by atoms with Gasteiger partial charge in [0.25, 0.3) is 0 Å². The number of nitrogens with zero attached hydrogens (tertiary/aromatic N) is 2. The third-order valence-corrected chi connectivity index (χ3v) is 4.56. The van der Waals surface area contributed by atoms with Gasteiger partial charge in [0.2, 0.25) is 0 Å². The van der Waals surface area contributed by atoms with E-state index in [2.05, 4.69) is 15.2 Å². The van der Waals surface area contributed by atoms with Gasteiger partial charge in [0.1, 0.15) is 5.82 Å². The monoisotopic (exact) mass is 295 g/mol. The minimum absolute atomic E-state index is 0.0995.